The standard InChI is InChI=1S/C15H22N2O2/c1-2-11-7-8-17(10-11)15(19)14(16)9-12-3-5-13(18)6-4-12/h3-6,11,14,18H,2,7-10,16H2,1H3/t11?,14-/m1/s1. The Labute approximate surface area is 114 Å². The Balaban J connectivity index is 1.91. The van der Waals surface area contributed by atoms with Gasteiger partial charge in [-0.3, -0.25) is 4.79 Å². The number of carbonyl (C=O) groups is 1. The number of likely N-dealkylation sites (tertiary alicyclic amines) is 1. The van der Waals surface area contributed by atoms with Crippen LogP contribution in [0.25, 0.3) is 0 Å². The van der Waals surface area contributed by atoms with Gasteiger partial charge in [-0.05, 0) is 36.5 Å². The van der Waals surface area contributed by atoms with Crippen molar-refractivity contribution in [1.29, 1.82) is 0 Å². The summed E-state index contributed by atoms with van der Waals surface area (Å²) in [4.78, 5) is 14.1. The third-order valence-corrected chi connectivity index (χ3v) is 3.88. The van der Waals surface area contributed by atoms with E-state index in [0.717, 1.165) is 31.5 Å². The third kappa shape index (κ3) is 3.47. The fourth-order valence-electron chi connectivity index (χ4n) is 2.57. The van der Waals surface area contributed by atoms with Crippen molar-refractivity contribution in [3.63, 3.8) is 0 Å². The van der Waals surface area contributed by atoms with Crippen LogP contribution in [0.2, 0.25) is 0 Å². The summed E-state index contributed by atoms with van der Waals surface area (Å²) >= 11 is 0. The van der Waals surface area contributed by atoms with Gasteiger partial charge < -0.3 is 15.7 Å². The number of carbonyl (C=O) groups excluding carboxylic acids is 1. The molecule has 0 aromatic heterocycles. The normalized spacial score (nSPS) is 20.5. The second-order valence-corrected chi connectivity index (χ2v) is 5.32. The summed E-state index contributed by atoms with van der Waals surface area (Å²) in [6, 6.07) is 6.37. The average molecular weight is 262 g/mol. The van der Waals surface area contributed by atoms with Crippen molar-refractivity contribution in [1.82, 2.24) is 4.90 Å². The van der Waals surface area contributed by atoms with Crippen molar-refractivity contribution in [2.24, 2.45) is 11.7 Å². The summed E-state index contributed by atoms with van der Waals surface area (Å²) in [7, 11) is 0. The predicted molar refractivity (Wildman–Crippen MR) is 74.8 cm³/mol. The summed E-state index contributed by atoms with van der Waals surface area (Å²) in [6.45, 7) is 3.84. The number of nitrogens with zero attached hydrogens (tertiary/aromatic N) is 1. The molecule has 0 aliphatic carbocycles. The predicted octanol–water partition coefficient (Wildman–Crippen LogP) is 1.52. The van der Waals surface area contributed by atoms with E-state index in [0.29, 0.717) is 12.3 Å². The maximum Gasteiger partial charge on any atom is 0.239 e. The molecule has 2 atom stereocenters. The number of phenols is 1. The Morgan fingerprint density at radius 1 is 1.47 bits per heavy atom. The molecule has 4 nitrogen and oxygen atoms in total. The second kappa shape index (κ2) is 6.06. The second-order valence-electron chi connectivity index (χ2n) is 5.32. The third-order valence-electron chi connectivity index (χ3n) is 3.88. The minimum Gasteiger partial charge on any atom is -0.508 e. The molecule has 3 N–H and O–H groups in total. The molecule has 1 aliphatic heterocycles. The highest BCUT2D eigenvalue weighted by Gasteiger charge is 2.28. The monoisotopic (exact) mass is 262 g/mol. The maximum atomic E-state index is 12.2. The molecule has 1 aliphatic rings. The molecule has 1 aromatic rings. The first kappa shape index (κ1) is 13.9. The fraction of sp³-hybridized carbons (Fsp3) is 0.533. The van der Waals surface area contributed by atoms with E-state index in [1.807, 2.05) is 4.90 Å². The van der Waals surface area contributed by atoms with Crippen LogP contribution in [0.5, 0.6) is 5.75 Å². The molecule has 1 aromatic carbocycles. The first-order valence-electron chi connectivity index (χ1n) is 6.92. The van der Waals surface area contributed by atoms with E-state index in [2.05, 4.69) is 6.92 Å². The van der Waals surface area contributed by atoms with E-state index >= 15 is 0 Å². The van der Waals surface area contributed by atoms with E-state index in [-0.39, 0.29) is 11.7 Å². The largest absolute Gasteiger partial charge is 0.508 e. The number of aromatic hydroxyl groups is 1. The van der Waals surface area contributed by atoms with Crippen molar-refractivity contribution in [3.05, 3.63) is 29.8 Å². The molecule has 0 bridgehead atoms. The Bertz CT molecular complexity index is 430. The van der Waals surface area contributed by atoms with Crippen molar-refractivity contribution >= 4 is 5.91 Å². The molecule has 0 saturated carbocycles. The van der Waals surface area contributed by atoms with Crippen LogP contribution < -0.4 is 5.73 Å². The molecule has 104 valence electrons. The van der Waals surface area contributed by atoms with Gasteiger partial charge in [-0.15, -0.1) is 0 Å². The van der Waals surface area contributed by atoms with Crippen LogP contribution in [0.1, 0.15) is 25.3 Å². The van der Waals surface area contributed by atoms with Crippen molar-refractivity contribution in [2.75, 3.05) is 13.1 Å². The molecule has 1 saturated heterocycles. The van der Waals surface area contributed by atoms with Crippen LogP contribution in [0, 0.1) is 5.92 Å². The Morgan fingerprint density at radius 2 is 2.16 bits per heavy atom. The number of nitrogens with two attached hydrogens (primary N) is 1. The molecule has 1 amide bonds. The summed E-state index contributed by atoms with van der Waals surface area (Å²) in [6.07, 6.45) is 2.73. The van der Waals surface area contributed by atoms with Gasteiger partial charge >= 0.3 is 0 Å². The average Bonchev–Trinajstić information content (AvgIpc) is 2.89. The summed E-state index contributed by atoms with van der Waals surface area (Å²) in [5.41, 5.74) is 6.98. The van der Waals surface area contributed by atoms with E-state index in [9.17, 15) is 9.90 Å². The molecule has 1 unspecified atom stereocenters. The highest BCUT2D eigenvalue weighted by Crippen LogP contribution is 2.20. The number of phenolic OH excluding ortho intramolecular Hbond substituents is 1. The van der Waals surface area contributed by atoms with Crippen LogP contribution in [0.4, 0.5) is 0 Å². The molecule has 0 spiro atoms. The van der Waals surface area contributed by atoms with Crippen LogP contribution in [0.3, 0.4) is 0 Å². The van der Waals surface area contributed by atoms with E-state index in [4.69, 9.17) is 5.73 Å². The van der Waals surface area contributed by atoms with Crippen LogP contribution in [-0.4, -0.2) is 35.0 Å². The topological polar surface area (TPSA) is 66.6 Å². The Hall–Kier alpha value is -1.55. The summed E-state index contributed by atoms with van der Waals surface area (Å²) in [5.74, 6) is 0.905. The minimum atomic E-state index is -0.486. The quantitative estimate of drug-likeness (QED) is 0.864. The lowest BCUT2D eigenvalue weighted by molar-refractivity contribution is -0.131. The number of hydrogen-bond donors (Lipinski definition) is 2. The molecule has 19 heavy (non-hydrogen) atoms. The molecular formula is C15H22N2O2. The van der Waals surface area contributed by atoms with Gasteiger partial charge in [0.1, 0.15) is 5.75 Å². The van der Waals surface area contributed by atoms with E-state index in [1.165, 1.54) is 0 Å². The summed E-state index contributed by atoms with van der Waals surface area (Å²) < 4.78 is 0. The van der Waals surface area contributed by atoms with Crippen LogP contribution >= 0.6 is 0 Å². The van der Waals surface area contributed by atoms with Gasteiger partial charge in [0.15, 0.2) is 0 Å². The van der Waals surface area contributed by atoms with E-state index in [1.54, 1.807) is 24.3 Å². The Morgan fingerprint density at radius 3 is 2.74 bits per heavy atom. The molecule has 2 rings (SSSR count). The lowest BCUT2D eigenvalue weighted by Crippen LogP contribution is -2.43. The number of rotatable bonds is 4. The first-order chi connectivity index (χ1) is 9.10. The van der Waals surface area contributed by atoms with Crippen LogP contribution in [0.15, 0.2) is 24.3 Å². The Kier molecular flexibility index (Phi) is 4.43. The molecular weight excluding hydrogens is 240 g/mol. The van der Waals surface area contributed by atoms with Crippen molar-refractivity contribution < 1.29 is 9.90 Å². The van der Waals surface area contributed by atoms with Crippen LogP contribution in [-0.2, 0) is 11.2 Å². The highest BCUT2D eigenvalue weighted by atomic mass is 16.3. The van der Waals surface area contributed by atoms with E-state index < -0.39 is 6.04 Å². The lowest BCUT2D eigenvalue weighted by atomic mass is 10.1. The molecule has 1 fully saturated rings. The van der Waals surface area contributed by atoms with Crippen molar-refractivity contribution in [3.8, 4) is 5.75 Å². The molecule has 4 heteroatoms. The van der Waals surface area contributed by atoms with Gasteiger partial charge in [-0.25, -0.2) is 0 Å². The lowest BCUT2D eigenvalue weighted by Gasteiger charge is -2.21. The first-order valence-corrected chi connectivity index (χ1v) is 6.92. The summed E-state index contributed by atoms with van der Waals surface area (Å²) in [5, 5.41) is 9.22. The van der Waals surface area contributed by atoms with Gasteiger partial charge in [0.25, 0.3) is 0 Å². The number of benzene rings is 1. The fourth-order valence-corrected chi connectivity index (χ4v) is 2.57. The smallest absolute Gasteiger partial charge is 0.239 e. The van der Waals surface area contributed by atoms with Gasteiger partial charge in [0, 0.05) is 13.1 Å². The zero-order valence-electron chi connectivity index (χ0n) is 11.4. The number of hydrogen-bond acceptors (Lipinski definition) is 3. The number of amides is 1. The zero-order chi connectivity index (χ0) is 13.8. The highest BCUT2D eigenvalue weighted by molar-refractivity contribution is 5.82. The molecule has 0 radical (unpaired) electrons. The van der Waals surface area contributed by atoms with Gasteiger partial charge in [0.2, 0.25) is 5.91 Å². The minimum absolute atomic E-state index is 0.0454. The van der Waals surface area contributed by atoms with Crippen molar-refractivity contribution in [2.45, 2.75) is 32.2 Å². The zero-order valence-corrected chi connectivity index (χ0v) is 11.4. The van der Waals surface area contributed by atoms with Gasteiger partial charge in [-0.2, -0.15) is 0 Å². The SMILES string of the molecule is CCC1CCN(C(=O)[C@H](N)Cc2ccc(O)cc2)C1. The van der Waals surface area contributed by atoms with Gasteiger partial charge in [0.05, 0.1) is 6.04 Å². The van der Waals surface area contributed by atoms with Gasteiger partial charge in [-0.1, -0.05) is 25.5 Å². The maximum absolute atomic E-state index is 12.2. The molecule has 1 heterocycles.